The van der Waals surface area contributed by atoms with Crippen LogP contribution in [-0.2, 0) is 6.54 Å². The fraction of sp³-hybridized carbons (Fsp3) is 0.769. The van der Waals surface area contributed by atoms with E-state index in [-0.39, 0.29) is 0 Å². The molecule has 1 saturated carbocycles. The molecule has 1 unspecified atom stereocenters. The van der Waals surface area contributed by atoms with E-state index in [1.165, 1.54) is 44.2 Å². The van der Waals surface area contributed by atoms with Crippen molar-refractivity contribution in [3.63, 3.8) is 0 Å². The van der Waals surface area contributed by atoms with Gasteiger partial charge in [0.25, 0.3) is 0 Å². The van der Waals surface area contributed by atoms with Crippen LogP contribution in [0.25, 0.3) is 0 Å². The highest BCUT2D eigenvalue weighted by Crippen LogP contribution is 2.36. The van der Waals surface area contributed by atoms with E-state index in [9.17, 15) is 0 Å². The van der Waals surface area contributed by atoms with Crippen LogP contribution < -0.4 is 11.1 Å². The molecule has 0 bridgehead atoms. The van der Waals surface area contributed by atoms with Crippen LogP contribution in [0.5, 0.6) is 0 Å². The summed E-state index contributed by atoms with van der Waals surface area (Å²) in [5, 5.41) is 8.22. The Kier molecular flexibility index (Phi) is 3.05. The maximum atomic E-state index is 6.05. The molecule has 3 rings (SSSR count). The van der Waals surface area contributed by atoms with Gasteiger partial charge < -0.3 is 11.1 Å². The fourth-order valence-electron chi connectivity index (χ4n) is 2.79. The molecule has 4 heteroatoms. The first-order valence-electron chi connectivity index (χ1n) is 6.89. The number of anilines is 1. The molecule has 17 heavy (non-hydrogen) atoms. The van der Waals surface area contributed by atoms with Crippen molar-refractivity contribution in [3.05, 3.63) is 11.8 Å². The van der Waals surface area contributed by atoms with Crippen molar-refractivity contribution < 1.29 is 0 Å². The number of hydrogen-bond donors (Lipinski definition) is 2. The highest BCUT2D eigenvalue weighted by atomic mass is 15.3. The largest absolute Gasteiger partial charge is 0.384 e. The zero-order valence-electron chi connectivity index (χ0n) is 10.4. The van der Waals surface area contributed by atoms with Crippen molar-refractivity contribution in [2.24, 2.45) is 0 Å². The van der Waals surface area contributed by atoms with Crippen molar-refractivity contribution in [1.29, 1.82) is 0 Å². The summed E-state index contributed by atoms with van der Waals surface area (Å²) in [7, 11) is 0. The van der Waals surface area contributed by atoms with Gasteiger partial charge in [-0.1, -0.05) is 12.8 Å². The van der Waals surface area contributed by atoms with Crippen molar-refractivity contribution in [1.82, 2.24) is 15.1 Å². The van der Waals surface area contributed by atoms with Gasteiger partial charge in [0.15, 0.2) is 0 Å². The number of hydrogen-bond acceptors (Lipinski definition) is 3. The van der Waals surface area contributed by atoms with E-state index < -0.39 is 0 Å². The molecular formula is C13H22N4. The zero-order chi connectivity index (χ0) is 11.7. The molecule has 2 aliphatic rings. The number of piperidine rings is 1. The minimum absolute atomic E-state index is 0.556. The summed E-state index contributed by atoms with van der Waals surface area (Å²) >= 11 is 0. The van der Waals surface area contributed by atoms with Gasteiger partial charge in [-0.2, -0.15) is 5.10 Å². The first-order valence-corrected chi connectivity index (χ1v) is 6.89. The van der Waals surface area contributed by atoms with E-state index in [0.717, 1.165) is 18.9 Å². The second-order valence-corrected chi connectivity index (χ2v) is 5.45. The van der Waals surface area contributed by atoms with Gasteiger partial charge in [-0.25, -0.2) is 4.68 Å². The molecule has 0 aromatic carbocycles. The number of nitrogens with zero attached hydrogens (tertiary/aromatic N) is 2. The average molecular weight is 234 g/mol. The Labute approximate surface area is 103 Å². The van der Waals surface area contributed by atoms with E-state index in [0.29, 0.717) is 12.0 Å². The predicted octanol–water partition coefficient (Wildman–Crippen LogP) is 1.87. The molecule has 94 valence electrons. The highest BCUT2D eigenvalue weighted by molar-refractivity contribution is 5.33. The lowest BCUT2D eigenvalue weighted by atomic mass is 9.83. The van der Waals surface area contributed by atoms with Gasteiger partial charge in [-0.15, -0.1) is 0 Å². The van der Waals surface area contributed by atoms with Crippen molar-refractivity contribution in [2.45, 2.75) is 57.0 Å². The first-order chi connectivity index (χ1) is 8.33. The Morgan fingerprint density at radius 3 is 2.82 bits per heavy atom. The summed E-state index contributed by atoms with van der Waals surface area (Å²) in [6.45, 7) is 2.07. The van der Waals surface area contributed by atoms with Crippen LogP contribution in [0.3, 0.4) is 0 Å². The van der Waals surface area contributed by atoms with Crippen LogP contribution in [0.2, 0.25) is 0 Å². The number of aromatic nitrogens is 2. The highest BCUT2D eigenvalue weighted by Gasteiger charge is 2.23. The van der Waals surface area contributed by atoms with E-state index >= 15 is 0 Å². The minimum atomic E-state index is 0.556. The number of nitrogen functional groups attached to an aromatic ring is 1. The Bertz CT molecular complexity index is 375. The summed E-state index contributed by atoms with van der Waals surface area (Å²) in [5.41, 5.74) is 7.26. The quantitative estimate of drug-likeness (QED) is 0.839. The third kappa shape index (κ3) is 2.32. The minimum Gasteiger partial charge on any atom is -0.384 e. The predicted molar refractivity (Wildman–Crippen MR) is 68.9 cm³/mol. The third-order valence-corrected chi connectivity index (χ3v) is 4.16. The molecular weight excluding hydrogens is 212 g/mol. The standard InChI is InChI=1S/C13H22N4/c14-13-8-12(10-4-3-5-10)16-17(13)9-11-6-1-2-7-15-11/h8,10-11,15H,1-7,9,14H2. The fourth-order valence-corrected chi connectivity index (χ4v) is 2.79. The second kappa shape index (κ2) is 4.69. The topological polar surface area (TPSA) is 55.9 Å². The Morgan fingerprint density at radius 2 is 2.18 bits per heavy atom. The lowest BCUT2D eigenvalue weighted by molar-refractivity contribution is 0.348. The Morgan fingerprint density at radius 1 is 1.29 bits per heavy atom. The van der Waals surface area contributed by atoms with E-state index in [4.69, 9.17) is 5.73 Å². The summed E-state index contributed by atoms with van der Waals surface area (Å²) in [5.74, 6) is 1.51. The molecule has 0 amide bonds. The van der Waals surface area contributed by atoms with Crippen LogP contribution in [0, 0.1) is 0 Å². The van der Waals surface area contributed by atoms with Crippen LogP contribution in [0.15, 0.2) is 6.07 Å². The molecule has 1 aliphatic carbocycles. The van der Waals surface area contributed by atoms with Gasteiger partial charge in [0, 0.05) is 18.0 Å². The molecule has 1 aromatic heterocycles. The van der Waals surface area contributed by atoms with Gasteiger partial charge >= 0.3 is 0 Å². The number of nitrogens with one attached hydrogen (secondary N) is 1. The zero-order valence-corrected chi connectivity index (χ0v) is 10.4. The van der Waals surface area contributed by atoms with Gasteiger partial charge in [-0.05, 0) is 32.2 Å². The number of rotatable bonds is 3. The van der Waals surface area contributed by atoms with Gasteiger partial charge in [0.05, 0.1) is 12.2 Å². The smallest absolute Gasteiger partial charge is 0.121 e. The van der Waals surface area contributed by atoms with Crippen molar-refractivity contribution in [3.8, 4) is 0 Å². The van der Waals surface area contributed by atoms with Crippen molar-refractivity contribution in [2.75, 3.05) is 12.3 Å². The monoisotopic (exact) mass is 234 g/mol. The Hall–Kier alpha value is -1.03. The molecule has 2 fully saturated rings. The van der Waals surface area contributed by atoms with Gasteiger partial charge in [0.1, 0.15) is 5.82 Å². The number of nitrogens with two attached hydrogens (primary N) is 1. The van der Waals surface area contributed by atoms with E-state index in [2.05, 4.69) is 16.5 Å². The maximum absolute atomic E-state index is 6.05. The van der Waals surface area contributed by atoms with Crippen molar-refractivity contribution >= 4 is 5.82 Å². The Balaban J connectivity index is 1.66. The lowest BCUT2D eigenvalue weighted by Gasteiger charge is -2.24. The molecule has 1 aromatic rings. The van der Waals surface area contributed by atoms with Gasteiger partial charge in [0.2, 0.25) is 0 Å². The third-order valence-electron chi connectivity index (χ3n) is 4.16. The molecule has 1 aliphatic heterocycles. The summed E-state index contributed by atoms with van der Waals surface area (Å²) < 4.78 is 2.00. The molecule has 1 atom stereocenters. The van der Waals surface area contributed by atoms with Crippen LogP contribution in [0.1, 0.15) is 50.1 Å². The molecule has 3 N–H and O–H groups in total. The molecule has 0 radical (unpaired) electrons. The maximum Gasteiger partial charge on any atom is 0.121 e. The molecule has 2 heterocycles. The molecule has 4 nitrogen and oxygen atoms in total. The molecule has 1 saturated heterocycles. The lowest BCUT2D eigenvalue weighted by Crippen LogP contribution is -2.37. The summed E-state index contributed by atoms with van der Waals surface area (Å²) in [6.07, 6.45) is 7.81. The SMILES string of the molecule is Nc1cc(C2CCC2)nn1CC1CCCCN1. The van der Waals surface area contributed by atoms with Gasteiger partial charge in [-0.3, -0.25) is 0 Å². The van der Waals surface area contributed by atoms with E-state index in [1.54, 1.807) is 0 Å². The van der Waals surface area contributed by atoms with Crippen LogP contribution >= 0.6 is 0 Å². The summed E-state index contributed by atoms with van der Waals surface area (Å²) in [4.78, 5) is 0. The first kappa shape index (κ1) is 11.1. The molecule has 0 spiro atoms. The van der Waals surface area contributed by atoms with E-state index in [1.807, 2.05) is 4.68 Å². The van der Waals surface area contributed by atoms with Crippen LogP contribution in [0.4, 0.5) is 5.82 Å². The second-order valence-electron chi connectivity index (χ2n) is 5.45. The average Bonchev–Trinajstić information content (AvgIpc) is 2.59. The normalized spacial score (nSPS) is 25.8. The van der Waals surface area contributed by atoms with Crippen LogP contribution in [-0.4, -0.2) is 22.4 Å². The summed E-state index contributed by atoms with van der Waals surface area (Å²) in [6, 6.07) is 2.63.